The summed E-state index contributed by atoms with van der Waals surface area (Å²) in [6.45, 7) is 1.95. The van der Waals surface area contributed by atoms with Crippen LogP contribution in [0.1, 0.15) is 59.7 Å². The van der Waals surface area contributed by atoms with Crippen molar-refractivity contribution in [2.45, 2.75) is 51.3 Å². The first-order valence-corrected chi connectivity index (χ1v) is 9.26. The number of halogens is 4. The van der Waals surface area contributed by atoms with Gasteiger partial charge in [0.2, 0.25) is 0 Å². The second kappa shape index (κ2) is 9.28. The summed E-state index contributed by atoms with van der Waals surface area (Å²) in [5.74, 6) is -2.29. The summed E-state index contributed by atoms with van der Waals surface area (Å²) in [6, 6.07) is 6.71. The molecule has 2 aromatic rings. The van der Waals surface area contributed by atoms with Crippen molar-refractivity contribution in [1.29, 1.82) is 0 Å². The number of rotatable bonds is 8. The Bertz CT molecular complexity index is 864. The van der Waals surface area contributed by atoms with Crippen molar-refractivity contribution in [3.05, 3.63) is 46.5 Å². The highest BCUT2D eigenvalue weighted by molar-refractivity contribution is 6.38. The normalized spacial score (nSPS) is 12.8. The topological polar surface area (TPSA) is 63.6 Å². The highest BCUT2D eigenvalue weighted by Crippen LogP contribution is 2.30. The average Bonchev–Trinajstić information content (AvgIpc) is 2.62. The van der Waals surface area contributed by atoms with Gasteiger partial charge in [0, 0.05) is 5.39 Å². The molecular weight excluding hydrogens is 397 g/mol. The third kappa shape index (κ3) is 5.38. The van der Waals surface area contributed by atoms with Gasteiger partial charge in [0.15, 0.2) is 6.10 Å². The SMILES string of the molecule is CCCCCCC(OC(=O)c1ccc2c(Cl)c(C(=O)O)ccc2c1)C(F)(F)F. The summed E-state index contributed by atoms with van der Waals surface area (Å²) in [4.78, 5) is 23.4. The Labute approximate surface area is 165 Å². The van der Waals surface area contributed by atoms with E-state index in [1.807, 2.05) is 6.92 Å². The summed E-state index contributed by atoms with van der Waals surface area (Å²) in [5.41, 5.74) is -0.164. The zero-order chi connectivity index (χ0) is 20.9. The number of hydrogen-bond donors (Lipinski definition) is 1. The number of fused-ring (bicyclic) bond motifs is 1. The molecule has 1 atom stereocenters. The fourth-order valence-electron chi connectivity index (χ4n) is 2.83. The highest BCUT2D eigenvalue weighted by Gasteiger charge is 2.42. The number of alkyl halides is 3. The molecule has 152 valence electrons. The molecule has 1 unspecified atom stereocenters. The molecule has 4 nitrogen and oxygen atoms in total. The molecule has 0 spiro atoms. The number of hydrogen-bond acceptors (Lipinski definition) is 3. The van der Waals surface area contributed by atoms with Gasteiger partial charge in [0.25, 0.3) is 0 Å². The lowest BCUT2D eigenvalue weighted by atomic mass is 10.0. The average molecular weight is 417 g/mol. The van der Waals surface area contributed by atoms with Gasteiger partial charge in [-0.2, -0.15) is 13.2 Å². The zero-order valence-electron chi connectivity index (χ0n) is 15.2. The van der Waals surface area contributed by atoms with Gasteiger partial charge in [-0.25, -0.2) is 9.59 Å². The molecule has 0 heterocycles. The van der Waals surface area contributed by atoms with E-state index >= 15 is 0 Å². The minimum Gasteiger partial charge on any atom is -0.478 e. The summed E-state index contributed by atoms with van der Waals surface area (Å²) in [7, 11) is 0. The van der Waals surface area contributed by atoms with Gasteiger partial charge in [-0.1, -0.05) is 49.9 Å². The van der Waals surface area contributed by atoms with Crippen molar-refractivity contribution in [3.63, 3.8) is 0 Å². The Morgan fingerprint density at radius 3 is 2.46 bits per heavy atom. The number of benzene rings is 2. The van der Waals surface area contributed by atoms with Crippen LogP contribution in [0.4, 0.5) is 13.2 Å². The smallest absolute Gasteiger partial charge is 0.425 e. The van der Waals surface area contributed by atoms with E-state index in [0.29, 0.717) is 23.6 Å². The van der Waals surface area contributed by atoms with Crippen molar-refractivity contribution in [3.8, 4) is 0 Å². The molecule has 0 aromatic heterocycles. The predicted octanol–water partition coefficient (Wildman–Crippen LogP) is 6.25. The minimum absolute atomic E-state index is 0.00555. The molecule has 1 N–H and O–H groups in total. The van der Waals surface area contributed by atoms with Crippen molar-refractivity contribution >= 4 is 34.3 Å². The Morgan fingerprint density at radius 1 is 1.14 bits per heavy atom. The lowest BCUT2D eigenvalue weighted by Crippen LogP contribution is -2.33. The van der Waals surface area contributed by atoms with Crippen LogP contribution in [0.25, 0.3) is 10.8 Å². The predicted molar refractivity (Wildman–Crippen MR) is 99.9 cm³/mol. The fraction of sp³-hybridized carbons (Fsp3) is 0.400. The van der Waals surface area contributed by atoms with E-state index in [2.05, 4.69) is 0 Å². The van der Waals surface area contributed by atoms with E-state index in [4.69, 9.17) is 21.4 Å². The van der Waals surface area contributed by atoms with E-state index in [9.17, 15) is 22.8 Å². The number of carbonyl (C=O) groups is 2. The maximum atomic E-state index is 13.2. The van der Waals surface area contributed by atoms with Gasteiger partial charge in [0.05, 0.1) is 16.1 Å². The van der Waals surface area contributed by atoms with Crippen LogP contribution >= 0.6 is 11.6 Å². The molecule has 2 rings (SSSR count). The lowest BCUT2D eigenvalue weighted by molar-refractivity contribution is -0.206. The summed E-state index contributed by atoms with van der Waals surface area (Å²) >= 11 is 6.05. The molecule has 0 saturated heterocycles. The van der Waals surface area contributed by atoms with Gasteiger partial charge in [0.1, 0.15) is 0 Å². The summed E-state index contributed by atoms with van der Waals surface area (Å²) in [5, 5.41) is 9.88. The molecule has 0 saturated carbocycles. The Balaban J connectivity index is 2.20. The third-order valence-electron chi connectivity index (χ3n) is 4.35. The van der Waals surface area contributed by atoms with Gasteiger partial charge < -0.3 is 9.84 Å². The maximum absolute atomic E-state index is 13.2. The van der Waals surface area contributed by atoms with E-state index in [1.54, 1.807) is 0 Å². The van der Waals surface area contributed by atoms with Crippen LogP contribution in [0.15, 0.2) is 30.3 Å². The van der Waals surface area contributed by atoms with Crippen LogP contribution < -0.4 is 0 Å². The number of carboxylic acid groups (broad SMARTS) is 1. The van der Waals surface area contributed by atoms with Gasteiger partial charge in [-0.3, -0.25) is 0 Å². The molecule has 0 radical (unpaired) electrons. The van der Waals surface area contributed by atoms with Crippen LogP contribution in [0, 0.1) is 0 Å². The van der Waals surface area contributed by atoms with E-state index in [1.165, 1.54) is 30.3 Å². The van der Waals surface area contributed by atoms with Crippen LogP contribution in [0.2, 0.25) is 5.02 Å². The van der Waals surface area contributed by atoms with E-state index in [-0.39, 0.29) is 22.6 Å². The number of esters is 1. The Hall–Kier alpha value is -2.28. The second-order valence-electron chi connectivity index (χ2n) is 6.45. The highest BCUT2D eigenvalue weighted by atomic mass is 35.5. The van der Waals surface area contributed by atoms with Crippen LogP contribution in [-0.2, 0) is 4.74 Å². The van der Waals surface area contributed by atoms with Gasteiger partial charge in [-0.15, -0.1) is 0 Å². The Kier molecular flexibility index (Phi) is 7.29. The van der Waals surface area contributed by atoms with Crippen LogP contribution in [0.5, 0.6) is 0 Å². The molecule has 2 aromatic carbocycles. The molecule has 0 aliphatic carbocycles. The van der Waals surface area contributed by atoms with Crippen molar-refractivity contribution in [2.75, 3.05) is 0 Å². The first-order valence-electron chi connectivity index (χ1n) is 8.88. The molecule has 8 heteroatoms. The van der Waals surface area contributed by atoms with Crippen LogP contribution in [0.3, 0.4) is 0 Å². The molecule has 28 heavy (non-hydrogen) atoms. The molecule has 0 bridgehead atoms. The van der Waals surface area contributed by atoms with Gasteiger partial charge >= 0.3 is 18.1 Å². The van der Waals surface area contributed by atoms with Crippen molar-refractivity contribution in [1.82, 2.24) is 0 Å². The molecular formula is C20H20ClF3O4. The quantitative estimate of drug-likeness (QED) is 0.408. The molecule has 0 amide bonds. The summed E-state index contributed by atoms with van der Waals surface area (Å²) < 4.78 is 44.3. The molecule has 0 fully saturated rings. The van der Waals surface area contributed by atoms with E-state index < -0.39 is 24.2 Å². The monoisotopic (exact) mass is 416 g/mol. The third-order valence-corrected chi connectivity index (χ3v) is 4.76. The van der Waals surface area contributed by atoms with Crippen LogP contribution in [-0.4, -0.2) is 29.3 Å². The molecule has 0 aliphatic heterocycles. The number of unbranched alkanes of at least 4 members (excludes halogenated alkanes) is 3. The largest absolute Gasteiger partial charge is 0.478 e. The summed E-state index contributed by atoms with van der Waals surface area (Å²) in [6.07, 6.45) is -4.42. The lowest BCUT2D eigenvalue weighted by Gasteiger charge is -2.20. The standard InChI is InChI=1S/C20H20ClF3O4/c1-2-3-4-5-6-16(20(22,23)24)28-19(27)13-8-9-14-12(11-13)7-10-15(17(14)21)18(25)26/h7-11,16H,2-6H2,1H3,(H,25,26). The van der Waals surface area contributed by atoms with Crippen molar-refractivity contribution in [2.24, 2.45) is 0 Å². The van der Waals surface area contributed by atoms with Gasteiger partial charge in [-0.05, 0) is 36.4 Å². The second-order valence-corrected chi connectivity index (χ2v) is 6.83. The molecule has 0 aliphatic rings. The maximum Gasteiger partial charge on any atom is 0.425 e. The number of carbonyl (C=O) groups excluding carboxylic acids is 1. The number of carboxylic acids is 1. The Morgan fingerprint density at radius 2 is 1.86 bits per heavy atom. The first kappa shape index (κ1) is 22.0. The van der Waals surface area contributed by atoms with E-state index in [0.717, 1.165) is 12.8 Å². The number of ether oxygens (including phenoxy) is 1. The number of aromatic carboxylic acids is 1. The first-order chi connectivity index (χ1) is 13.1. The fourth-order valence-corrected chi connectivity index (χ4v) is 3.14. The van der Waals surface area contributed by atoms with Crippen molar-refractivity contribution < 1.29 is 32.6 Å². The zero-order valence-corrected chi connectivity index (χ0v) is 15.9. The minimum atomic E-state index is -4.64.